The van der Waals surface area contributed by atoms with Gasteiger partial charge in [-0.3, -0.25) is 4.90 Å². The van der Waals surface area contributed by atoms with E-state index in [2.05, 4.69) is 39.5 Å². The molecule has 0 spiro atoms. The molecule has 0 aliphatic carbocycles. The third-order valence-corrected chi connectivity index (χ3v) is 3.23. The van der Waals surface area contributed by atoms with Crippen LogP contribution in [-0.4, -0.2) is 50.8 Å². The molecule has 1 atom stereocenters. The Morgan fingerprint density at radius 2 is 2.28 bits per heavy atom. The summed E-state index contributed by atoms with van der Waals surface area (Å²) in [5.41, 5.74) is 0. The monoisotopic (exact) mass is 252 g/mol. The van der Waals surface area contributed by atoms with E-state index in [-0.39, 0.29) is 0 Å². The Labute approximate surface area is 109 Å². The van der Waals surface area contributed by atoms with E-state index in [1.54, 1.807) is 0 Å². The molecule has 1 N–H and O–H groups in total. The van der Waals surface area contributed by atoms with Gasteiger partial charge in [0.1, 0.15) is 0 Å². The van der Waals surface area contributed by atoms with E-state index >= 15 is 0 Å². The summed E-state index contributed by atoms with van der Waals surface area (Å²) in [5.74, 6) is 1.56. The third kappa shape index (κ3) is 4.03. The van der Waals surface area contributed by atoms with Gasteiger partial charge >= 0.3 is 0 Å². The Bertz CT molecular complexity index is 361. The van der Waals surface area contributed by atoms with Crippen LogP contribution >= 0.6 is 0 Å². The van der Waals surface area contributed by atoms with Gasteiger partial charge in [0, 0.05) is 12.6 Å². The molecule has 1 saturated heterocycles. The highest BCUT2D eigenvalue weighted by Gasteiger charge is 2.19. The van der Waals surface area contributed by atoms with E-state index in [4.69, 9.17) is 0 Å². The summed E-state index contributed by atoms with van der Waals surface area (Å²) >= 11 is 0. The molecule has 6 nitrogen and oxygen atoms in total. The second-order valence-electron chi connectivity index (χ2n) is 5.56. The number of aryl methyl sites for hydroxylation is 1. The molecule has 1 aliphatic rings. The van der Waals surface area contributed by atoms with E-state index in [0.717, 1.165) is 37.9 Å². The van der Waals surface area contributed by atoms with Gasteiger partial charge in [0.25, 0.3) is 0 Å². The van der Waals surface area contributed by atoms with E-state index in [9.17, 15) is 0 Å². The molecule has 1 aliphatic heterocycles. The number of rotatable bonds is 4. The van der Waals surface area contributed by atoms with Crippen LogP contribution in [0.15, 0.2) is 0 Å². The minimum absolute atomic E-state index is 0.587. The van der Waals surface area contributed by atoms with Crippen LogP contribution in [0, 0.1) is 5.92 Å². The molecule has 1 unspecified atom stereocenters. The minimum Gasteiger partial charge on any atom is -0.313 e. The largest absolute Gasteiger partial charge is 0.313 e. The molecular formula is C12H24N6. The predicted molar refractivity (Wildman–Crippen MR) is 69.9 cm³/mol. The summed E-state index contributed by atoms with van der Waals surface area (Å²) in [4.78, 5) is 3.96. The Hall–Kier alpha value is -1.01. The van der Waals surface area contributed by atoms with Gasteiger partial charge in [-0.25, -0.2) is 0 Å². The third-order valence-electron chi connectivity index (χ3n) is 3.23. The molecule has 0 amide bonds. The lowest BCUT2D eigenvalue weighted by atomic mass is 10.0. The highest BCUT2D eigenvalue weighted by Crippen LogP contribution is 2.11. The van der Waals surface area contributed by atoms with Gasteiger partial charge in [-0.05, 0) is 37.1 Å². The number of hydrogen-bond acceptors (Lipinski definition) is 5. The van der Waals surface area contributed by atoms with Crippen molar-refractivity contribution in [2.45, 2.75) is 39.3 Å². The Morgan fingerprint density at radius 1 is 1.44 bits per heavy atom. The zero-order valence-electron chi connectivity index (χ0n) is 11.6. The first-order valence-corrected chi connectivity index (χ1v) is 6.82. The van der Waals surface area contributed by atoms with Crippen molar-refractivity contribution in [3.05, 3.63) is 5.82 Å². The average molecular weight is 252 g/mol. The van der Waals surface area contributed by atoms with Gasteiger partial charge in [0.15, 0.2) is 5.82 Å². The lowest BCUT2D eigenvalue weighted by Crippen LogP contribution is -2.38. The summed E-state index contributed by atoms with van der Waals surface area (Å²) in [6.07, 6.45) is 2.42. The van der Waals surface area contributed by atoms with Crippen molar-refractivity contribution in [2.75, 3.05) is 19.6 Å². The van der Waals surface area contributed by atoms with Crippen molar-refractivity contribution in [3.63, 3.8) is 0 Å². The molecule has 0 saturated carbocycles. The van der Waals surface area contributed by atoms with Crippen LogP contribution in [0.2, 0.25) is 0 Å². The number of nitrogens with zero attached hydrogens (tertiary/aromatic N) is 5. The van der Waals surface area contributed by atoms with Crippen LogP contribution in [0.1, 0.15) is 32.5 Å². The van der Waals surface area contributed by atoms with Crippen LogP contribution in [0.3, 0.4) is 0 Å². The zero-order valence-corrected chi connectivity index (χ0v) is 11.6. The standard InChI is InChI=1S/C12H24N6/c1-10(2)7-11-8-18(6-4-5-13-11)9-12-14-16-17(3)15-12/h10-11,13H,4-9H2,1-3H3. The molecule has 2 heterocycles. The predicted octanol–water partition coefficient (Wildman–Crippen LogP) is 0.420. The van der Waals surface area contributed by atoms with Crippen molar-refractivity contribution in [1.82, 2.24) is 30.4 Å². The van der Waals surface area contributed by atoms with Crippen molar-refractivity contribution in [2.24, 2.45) is 13.0 Å². The van der Waals surface area contributed by atoms with Crippen LogP contribution in [0.4, 0.5) is 0 Å². The molecule has 6 heteroatoms. The maximum absolute atomic E-state index is 4.25. The Balaban J connectivity index is 1.90. The molecular weight excluding hydrogens is 228 g/mol. The summed E-state index contributed by atoms with van der Waals surface area (Å²) in [5, 5.41) is 15.8. The van der Waals surface area contributed by atoms with E-state index < -0.39 is 0 Å². The van der Waals surface area contributed by atoms with Crippen molar-refractivity contribution in [1.29, 1.82) is 0 Å². The normalized spacial score (nSPS) is 22.3. The van der Waals surface area contributed by atoms with Crippen molar-refractivity contribution in [3.8, 4) is 0 Å². The van der Waals surface area contributed by atoms with E-state index in [1.807, 2.05) is 7.05 Å². The molecule has 0 bridgehead atoms. The Kier molecular flexibility index (Phi) is 4.66. The van der Waals surface area contributed by atoms with Gasteiger partial charge < -0.3 is 5.32 Å². The van der Waals surface area contributed by atoms with Crippen molar-refractivity contribution < 1.29 is 0 Å². The van der Waals surface area contributed by atoms with E-state index in [1.165, 1.54) is 17.6 Å². The fourth-order valence-corrected chi connectivity index (χ4v) is 2.53. The summed E-state index contributed by atoms with van der Waals surface area (Å²) < 4.78 is 0. The zero-order chi connectivity index (χ0) is 13.0. The quantitative estimate of drug-likeness (QED) is 0.841. The number of tetrazole rings is 1. The molecule has 18 heavy (non-hydrogen) atoms. The van der Waals surface area contributed by atoms with Gasteiger partial charge in [-0.15, -0.1) is 10.2 Å². The SMILES string of the molecule is CC(C)CC1CN(Cc2nnn(C)n2)CCCN1. The lowest BCUT2D eigenvalue weighted by Gasteiger charge is -2.24. The van der Waals surface area contributed by atoms with Crippen LogP contribution in [0.25, 0.3) is 0 Å². The topological polar surface area (TPSA) is 58.9 Å². The van der Waals surface area contributed by atoms with Gasteiger partial charge in [-0.1, -0.05) is 13.8 Å². The summed E-state index contributed by atoms with van der Waals surface area (Å²) in [7, 11) is 1.81. The number of nitrogens with one attached hydrogen (secondary N) is 1. The van der Waals surface area contributed by atoms with Gasteiger partial charge in [-0.2, -0.15) is 4.80 Å². The lowest BCUT2D eigenvalue weighted by molar-refractivity contribution is 0.242. The van der Waals surface area contributed by atoms with Crippen LogP contribution in [-0.2, 0) is 13.6 Å². The highest BCUT2D eigenvalue weighted by molar-refractivity contribution is 4.82. The first-order valence-electron chi connectivity index (χ1n) is 6.82. The molecule has 1 aromatic rings. The average Bonchev–Trinajstić information content (AvgIpc) is 2.56. The number of hydrogen-bond donors (Lipinski definition) is 1. The Morgan fingerprint density at radius 3 is 2.94 bits per heavy atom. The van der Waals surface area contributed by atoms with Crippen LogP contribution < -0.4 is 5.32 Å². The number of aromatic nitrogens is 4. The highest BCUT2D eigenvalue weighted by atomic mass is 15.6. The molecule has 102 valence electrons. The molecule has 0 aromatic carbocycles. The molecule has 2 rings (SSSR count). The van der Waals surface area contributed by atoms with Crippen molar-refractivity contribution >= 4 is 0 Å². The molecule has 1 fully saturated rings. The maximum Gasteiger partial charge on any atom is 0.188 e. The smallest absolute Gasteiger partial charge is 0.188 e. The van der Waals surface area contributed by atoms with Gasteiger partial charge in [0.05, 0.1) is 13.6 Å². The fraction of sp³-hybridized carbons (Fsp3) is 0.917. The second-order valence-corrected chi connectivity index (χ2v) is 5.56. The first-order chi connectivity index (χ1) is 8.63. The van der Waals surface area contributed by atoms with E-state index in [0.29, 0.717) is 6.04 Å². The summed E-state index contributed by atoms with van der Waals surface area (Å²) in [6, 6.07) is 0.587. The molecule has 0 radical (unpaired) electrons. The van der Waals surface area contributed by atoms with Gasteiger partial charge in [0.2, 0.25) is 0 Å². The molecule has 1 aromatic heterocycles. The van der Waals surface area contributed by atoms with Crippen LogP contribution in [0.5, 0.6) is 0 Å². The first kappa shape index (κ1) is 13.4. The minimum atomic E-state index is 0.587. The maximum atomic E-state index is 4.25. The summed E-state index contributed by atoms with van der Waals surface area (Å²) in [6.45, 7) is 8.67. The fourth-order valence-electron chi connectivity index (χ4n) is 2.53. The second kappa shape index (κ2) is 6.24.